The quantitative estimate of drug-likeness (QED) is 0.837. The van der Waals surface area contributed by atoms with Gasteiger partial charge in [-0.15, -0.1) is 11.3 Å². The Morgan fingerprint density at radius 3 is 2.94 bits per heavy atom. The largest absolute Gasteiger partial charge is 0.337 e. The lowest BCUT2D eigenvalue weighted by atomic mass is 10.0. The van der Waals surface area contributed by atoms with Crippen molar-refractivity contribution in [1.29, 1.82) is 0 Å². The van der Waals surface area contributed by atoms with Crippen LogP contribution in [0.15, 0.2) is 15.2 Å². The van der Waals surface area contributed by atoms with Crippen LogP contribution in [0.25, 0.3) is 0 Å². The zero-order valence-corrected chi connectivity index (χ0v) is 12.6. The highest BCUT2D eigenvalue weighted by Crippen LogP contribution is 2.23. The summed E-state index contributed by atoms with van der Waals surface area (Å²) < 4.78 is 1.02. The number of nitrogens with zero attached hydrogens (tertiary/aromatic N) is 2. The molecule has 0 saturated carbocycles. The van der Waals surface area contributed by atoms with Gasteiger partial charge in [-0.05, 0) is 48.9 Å². The highest BCUT2D eigenvalue weighted by atomic mass is 79.9. The van der Waals surface area contributed by atoms with E-state index in [2.05, 4.69) is 34.9 Å². The van der Waals surface area contributed by atoms with Gasteiger partial charge in [0.2, 0.25) is 0 Å². The van der Waals surface area contributed by atoms with Gasteiger partial charge in [-0.3, -0.25) is 4.79 Å². The lowest BCUT2D eigenvalue weighted by Gasteiger charge is -2.36. The van der Waals surface area contributed by atoms with Crippen LogP contribution in [0.5, 0.6) is 0 Å². The van der Waals surface area contributed by atoms with E-state index in [9.17, 15) is 4.79 Å². The number of likely N-dealkylation sites (tertiary alicyclic amines) is 1. The van der Waals surface area contributed by atoms with E-state index in [4.69, 9.17) is 0 Å². The van der Waals surface area contributed by atoms with Crippen molar-refractivity contribution in [3.8, 4) is 0 Å². The molecular weight excluding hydrogens is 300 g/mol. The van der Waals surface area contributed by atoms with Gasteiger partial charge in [-0.2, -0.15) is 0 Å². The third-order valence-electron chi connectivity index (χ3n) is 3.23. The monoisotopic (exact) mass is 316 g/mol. The number of carbonyl (C=O) groups excluding carboxylic acids is 1. The molecule has 1 fully saturated rings. The number of thiophene rings is 1. The van der Waals surface area contributed by atoms with Gasteiger partial charge < -0.3 is 9.80 Å². The molecule has 1 aromatic heterocycles. The average Bonchev–Trinajstić information content (AvgIpc) is 2.75. The van der Waals surface area contributed by atoms with Crippen LogP contribution in [0.3, 0.4) is 0 Å². The van der Waals surface area contributed by atoms with Crippen molar-refractivity contribution in [3.05, 3.63) is 20.8 Å². The van der Waals surface area contributed by atoms with Crippen LogP contribution in [-0.4, -0.2) is 48.9 Å². The highest BCUT2D eigenvalue weighted by Gasteiger charge is 2.25. The first kappa shape index (κ1) is 13.1. The molecule has 2 rings (SSSR count). The van der Waals surface area contributed by atoms with Gasteiger partial charge in [0.15, 0.2) is 0 Å². The number of carbonyl (C=O) groups is 1. The second-order valence-electron chi connectivity index (χ2n) is 4.65. The Morgan fingerprint density at radius 2 is 2.35 bits per heavy atom. The molecule has 94 valence electrons. The van der Waals surface area contributed by atoms with Crippen LogP contribution in [-0.2, 0) is 0 Å². The van der Waals surface area contributed by atoms with Crippen LogP contribution >= 0.6 is 27.3 Å². The first-order valence-corrected chi connectivity index (χ1v) is 7.45. The Balaban J connectivity index is 2.04. The van der Waals surface area contributed by atoms with E-state index < -0.39 is 0 Å². The van der Waals surface area contributed by atoms with Crippen molar-refractivity contribution in [2.45, 2.75) is 18.9 Å². The van der Waals surface area contributed by atoms with E-state index in [1.54, 1.807) is 11.3 Å². The number of hydrogen-bond acceptors (Lipinski definition) is 3. The van der Waals surface area contributed by atoms with Crippen molar-refractivity contribution in [3.63, 3.8) is 0 Å². The van der Waals surface area contributed by atoms with Gasteiger partial charge in [0, 0.05) is 24.5 Å². The molecule has 1 atom stereocenters. The molecule has 0 N–H and O–H groups in total. The van der Waals surface area contributed by atoms with Gasteiger partial charge in [-0.25, -0.2) is 0 Å². The summed E-state index contributed by atoms with van der Waals surface area (Å²) in [5.74, 6) is 0.165. The number of hydrogen-bond donors (Lipinski definition) is 0. The van der Waals surface area contributed by atoms with Gasteiger partial charge in [0.1, 0.15) is 0 Å². The molecule has 1 aliphatic heterocycles. The minimum Gasteiger partial charge on any atom is -0.337 e. The summed E-state index contributed by atoms with van der Waals surface area (Å²) in [6.07, 6.45) is 2.28. The van der Waals surface area contributed by atoms with Gasteiger partial charge in [0.25, 0.3) is 5.91 Å². The lowest BCUT2D eigenvalue weighted by Crippen LogP contribution is -2.47. The smallest absolute Gasteiger partial charge is 0.254 e. The molecule has 17 heavy (non-hydrogen) atoms. The predicted octanol–water partition coefficient (Wildman–Crippen LogP) is 2.68. The number of piperidine rings is 1. The molecule has 1 aliphatic rings. The van der Waals surface area contributed by atoms with Crippen molar-refractivity contribution in [2.75, 3.05) is 27.2 Å². The second kappa shape index (κ2) is 5.50. The molecule has 0 radical (unpaired) electrons. The van der Waals surface area contributed by atoms with Gasteiger partial charge in [0.05, 0.1) is 9.35 Å². The predicted molar refractivity (Wildman–Crippen MR) is 74.6 cm³/mol. The fraction of sp³-hybridized carbons (Fsp3) is 0.583. The van der Waals surface area contributed by atoms with Gasteiger partial charge in [-0.1, -0.05) is 0 Å². The Kier molecular flexibility index (Phi) is 4.22. The molecule has 1 amide bonds. The minimum atomic E-state index is 0.165. The van der Waals surface area contributed by atoms with Crippen LogP contribution in [0, 0.1) is 0 Å². The van der Waals surface area contributed by atoms with E-state index in [-0.39, 0.29) is 5.91 Å². The van der Waals surface area contributed by atoms with Crippen LogP contribution in [0.2, 0.25) is 0 Å². The van der Waals surface area contributed by atoms with E-state index in [1.807, 2.05) is 16.3 Å². The second-order valence-corrected chi connectivity index (χ2v) is 6.94. The summed E-state index contributed by atoms with van der Waals surface area (Å²) in [6, 6.07) is 2.40. The van der Waals surface area contributed by atoms with E-state index in [0.29, 0.717) is 6.04 Å². The van der Waals surface area contributed by atoms with Crippen LogP contribution in [0.1, 0.15) is 23.2 Å². The standard InChI is InChI=1S/C12H17BrN2OS/c1-14(2)10-4-3-5-15(7-10)12(16)9-6-11(13)17-8-9/h6,8,10H,3-5,7H2,1-2H3. The molecule has 0 aliphatic carbocycles. The van der Waals surface area contributed by atoms with E-state index in [1.165, 1.54) is 6.42 Å². The number of amides is 1. The van der Waals surface area contributed by atoms with Crippen molar-refractivity contribution < 1.29 is 4.79 Å². The highest BCUT2D eigenvalue weighted by molar-refractivity contribution is 9.11. The Bertz CT molecular complexity index is 405. The SMILES string of the molecule is CN(C)C1CCCN(C(=O)c2csc(Br)c2)C1. The van der Waals surface area contributed by atoms with Crippen molar-refractivity contribution in [1.82, 2.24) is 9.80 Å². The maximum absolute atomic E-state index is 12.3. The van der Waals surface area contributed by atoms with E-state index >= 15 is 0 Å². The number of rotatable bonds is 2. The van der Waals surface area contributed by atoms with E-state index in [0.717, 1.165) is 28.9 Å². The molecule has 1 aromatic rings. The van der Waals surface area contributed by atoms with Crippen LogP contribution < -0.4 is 0 Å². The lowest BCUT2D eigenvalue weighted by molar-refractivity contribution is 0.0635. The summed E-state index contributed by atoms with van der Waals surface area (Å²) in [4.78, 5) is 16.5. The normalized spacial score (nSPS) is 20.9. The summed E-state index contributed by atoms with van der Waals surface area (Å²) in [5.41, 5.74) is 0.807. The Hall–Kier alpha value is -0.390. The zero-order valence-electron chi connectivity index (χ0n) is 10.1. The molecule has 0 spiro atoms. The maximum Gasteiger partial charge on any atom is 0.254 e. The summed E-state index contributed by atoms with van der Waals surface area (Å²) in [5, 5.41) is 1.92. The first-order valence-electron chi connectivity index (χ1n) is 5.77. The summed E-state index contributed by atoms with van der Waals surface area (Å²) in [7, 11) is 4.17. The zero-order chi connectivity index (χ0) is 12.4. The Morgan fingerprint density at radius 1 is 1.59 bits per heavy atom. The van der Waals surface area contributed by atoms with Crippen LogP contribution in [0.4, 0.5) is 0 Å². The van der Waals surface area contributed by atoms with Crippen molar-refractivity contribution in [2.24, 2.45) is 0 Å². The molecule has 1 saturated heterocycles. The average molecular weight is 317 g/mol. The fourth-order valence-corrected chi connectivity index (χ4v) is 3.30. The third kappa shape index (κ3) is 3.09. The molecule has 3 nitrogen and oxygen atoms in total. The van der Waals surface area contributed by atoms with Gasteiger partial charge >= 0.3 is 0 Å². The molecule has 0 aromatic carbocycles. The fourth-order valence-electron chi connectivity index (χ4n) is 2.17. The Labute approximate surface area is 115 Å². The molecule has 1 unspecified atom stereocenters. The topological polar surface area (TPSA) is 23.6 Å². The molecular formula is C12H17BrN2OS. The summed E-state index contributed by atoms with van der Waals surface area (Å²) in [6.45, 7) is 1.73. The number of likely N-dealkylation sites (N-methyl/N-ethyl adjacent to an activating group) is 1. The molecule has 5 heteroatoms. The minimum absolute atomic E-state index is 0.165. The third-order valence-corrected chi connectivity index (χ3v) is 4.73. The maximum atomic E-state index is 12.3. The first-order chi connectivity index (χ1) is 8.08. The van der Waals surface area contributed by atoms with Crippen molar-refractivity contribution >= 4 is 33.2 Å². The number of halogens is 1. The molecule has 2 heterocycles. The molecule has 0 bridgehead atoms. The summed E-state index contributed by atoms with van der Waals surface area (Å²) >= 11 is 4.96.